The van der Waals surface area contributed by atoms with Crippen molar-refractivity contribution in [2.75, 3.05) is 11.9 Å². The first-order valence-electron chi connectivity index (χ1n) is 11.5. The quantitative estimate of drug-likeness (QED) is 0.442. The molecule has 2 aromatic carbocycles. The number of rotatable bonds is 6. The number of likely N-dealkylation sites (N-methyl/N-ethyl adjacent to an activating group) is 1. The molecule has 36 heavy (non-hydrogen) atoms. The molecule has 2 amide bonds. The van der Waals surface area contributed by atoms with Gasteiger partial charge >= 0.3 is 5.69 Å². The summed E-state index contributed by atoms with van der Waals surface area (Å²) in [5, 5.41) is 7.35. The number of carbonyl (C=O) groups is 2. The molecule has 0 aliphatic carbocycles. The van der Waals surface area contributed by atoms with Gasteiger partial charge in [0.2, 0.25) is 11.7 Å². The summed E-state index contributed by atoms with van der Waals surface area (Å²) in [7, 11) is 1.51. The van der Waals surface area contributed by atoms with Gasteiger partial charge in [-0.1, -0.05) is 0 Å². The van der Waals surface area contributed by atoms with E-state index in [0.717, 1.165) is 4.68 Å². The molecule has 188 valence electrons. The highest BCUT2D eigenvalue weighted by Crippen LogP contribution is 2.17. The number of hydrogen-bond acceptors (Lipinski definition) is 5. The molecule has 2 heterocycles. The van der Waals surface area contributed by atoms with Crippen LogP contribution >= 0.6 is 0 Å². The number of anilines is 1. The van der Waals surface area contributed by atoms with E-state index >= 15 is 0 Å². The molecule has 2 aromatic heterocycles. The molecule has 0 unspecified atom stereocenters. The second-order valence-electron chi connectivity index (χ2n) is 9.13. The number of aromatic nitrogens is 4. The number of benzene rings is 2. The number of amides is 2. The molecular formula is C25H27FN6O4. The third kappa shape index (κ3) is 4.39. The van der Waals surface area contributed by atoms with Crippen LogP contribution in [-0.2, 0) is 11.3 Å². The van der Waals surface area contributed by atoms with Crippen molar-refractivity contribution in [2.45, 2.75) is 46.3 Å². The number of nitrogens with zero attached hydrogens (tertiary/aromatic N) is 5. The van der Waals surface area contributed by atoms with E-state index in [9.17, 15) is 23.6 Å². The minimum Gasteiger partial charge on any atom is -0.350 e. The van der Waals surface area contributed by atoms with Gasteiger partial charge in [0, 0.05) is 30.4 Å². The van der Waals surface area contributed by atoms with Crippen LogP contribution in [0.5, 0.6) is 0 Å². The average molecular weight is 495 g/mol. The Balaban J connectivity index is 1.87. The summed E-state index contributed by atoms with van der Waals surface area (Å²) in [5.41, 5.74) is -0.0460. The van der Waals surface area contributed by atoms with Crippen LogP contribution in [0.15, 0.2) is 52.1 Å². The number of halogens is 1. The van der Waals surface area contributed by atoms with Gasteiger partial charge in [-0.25, -0.2) is 18.3 Å². The second kappa shape index (κ2) is 9.40. The van der Waals surface area contributed by atoms with Gasteiger partial charge in [0.15, 0.2) is 0 Å². The molecule has 10 nitrogen and oxygen atoms in total. The minimum absolute atomic E-state index is 0.0613. The maximum atomic E-state index is 13.5. The Labute approximate surface area is 205 Å². The molecule has 4 aromatic rings. The molecule has 0 saturated heterocycles. The van der Waals surface area contributed by atoms with E-state index in [0.29, 0.717) is 5.69 Å². The molecule has 0 spiro atoms. The Morgan fingerprint density at radius 2 is 1.72 bits per heavy atom. The smallest absolute Gasteiger partial charge is 0.350 e. The van der Waals surface area contributed by atoms with E-state index in [2.05, 4.69) is 10.4 Å². The second-order valence-corrected chi connectivity index (χ2v) is 9.13. The van der Waals surface area contributed by atoms with Gasteiger partial charge in [-0.3, -0.25) is 19.0 Å². The molecule has 11 heteroatoms. The van der Waals surface area contributed by atoms with Gasteiger partial charge in [0.05, 0.1) is 10.9 Å². The van der Waals surface area contributed by atoms with E-state index in [-0.39, 0.29) is 45.8 Å². The van der Waals surface area contributed by atoms with Crippen molar-refractivity contribution in [1.82, 2.24) is 24.1 Å². The molecule has 0 radical (unpaired) electrons. The lowest BCUT2D eigenvalue weighted by Gasteiger charge is -2.16. The van der Waals surface area contributed by atoms with Gasteiger partial charge in [-0.15, -0.1) is 5.10 Å². The van der Waals surface area contributed by atoms with Crippen molar-refractivity contribution >= 4 is 34.2 Å². The Kier molecular flexibility index (Phi) is 6.49. The standard InChI is InChI=1S/C25H27FN6O4/c1-14(2)27-22(34)16-6-11-19-20(12-16)32-24(31(15(3)4)23(19)35)28-30(25(32)36)13-21(33)29(5)18-9-7-17(26)8-10-18/h6-12,14-15H,13H2,1-5H3,(H,27,34). The minimum atomic E-state index is -0.633. The highest BCUT2D eigenvalue weighted by Gasteiger charge is 2.22. The van der Waals surface area contributed by atoms with Gasteiger partial charge in [-0.2, -0.15) is 0 Å². The van der Waals surface area contributed by atoms with Crippen LogP contribution in [-0.4, -0.2) is 43.7 Å². The normalized spacial score (nSPS) is 11.6. The molecular weight excluding hydrogens is 467 g/mol. The monoisotopic (exact) mass is 494 g/mol. The van der Waals surface area contributed by atoms with Crippen LogP contribution < -0.4 is 21.5 Å². The van der Waals surface area contributed by atoms with E-state index in [4.69, 9.17) is 0 Å². The molecule has 4 rings (SSSR count). The fourth-order valence-electron chi connectivity index (χ4n) is 3.98. The zero-order chi connectivity index (χ0) is 26.3. The lowest BCUT2D eigenvalue weighted by molar-refractivity contribution is -0.119. The molecule has 1 N–H and O–H groups in total. The zero-order valence-corrected chi connectivity index (χ0v) is 20.7. The van der Waals surface area contributed by atoms with Crippen LogP contribution in [0.3, 0.4) is 0 Å². The van der Waals surface area contributed by atoms with Crippen molar-refractivity contribution in [3.8, 4) is 0 Å². The first-order chi connectivity index (χ1) is 17.0. The van der Waals surface area contributed by atoms with Gasteiger partial charge in [0.1, 0.15) is 12.4 Å². The van der Waals surface area contributed by atoms with E-state index in [1.807, 2.05) is 13.8 Å². The van der Waals surface area contributed by atoms with Crippen LogP contribution in [0.1, 0.15) is 44.1 Å². The van der Waals surface area contributed by atoms with Crippen molar-refractivity contribution in [1.29, 1.82) is 0 Å². The Hall–Kier alpha value is -4.28. The molecule has 0 saturated carbocycles. The Morgan fingerprint density at radius 1 is 1.06 bits per heavy atom. The van der Waals surface area contributed by atoms with Crippen LogP contribution in [0.2, 0.25) is 0 Å². The Morgan fingerprint density at radius 3 is 2.33 bits per heavy atom. The summed E-state index contributed by atoms with van der Waals surface area (Å²) in [5.74, 6) is -1.18. The summed E-state index contributed by atoms with van der Waals surface area (Å²) in [4.78, 5) is 53.6. The zero-order valence-electron chi connectivity index (χ0n) is 20.7. The number of hydrogen-bond donors (Lipinski definition) is 1. The first kappa shape index (κ1) is 24.8. The van der Waals surface area contributed by atoms with Gasteiger partial charge in [-0.05, 0) is 70.2 Å². The SMILES string of the molecule is CC(C)NC(=O)c1ccc2c(=O)n(C(C)C)c3nn(CC(=O)N(C)c4ccc(F)cc4)c(=O)n3c2c1. The predicted octanol–water partition coefficient (Wildman–Crippen LogP) is 2.33. The van der Waals surface area contributed by atoms with E-state index < -0.39 is 24.0 Å². The third-order valence-electron chi connectivity index (χ3n) is 5.80. The summed E-state index contributed by atoms with van der Waals surface area (Å²) in [6.07, 6.45) is 0. The average Bonchev–Trinajstić information content (AvgIpc) is 3.13. The topological polar surface area (TPSA) is 111 Å². The largest absolute Gasteiger partial charge is 0.352 e. The van der Waals surface area contributed by atoms with Crippen LogP contribution in [0, 0.1) is 5.82 Å². The third-order valence-corrected chi connectivity index (χ3v) is 5.80. The molecule has 0 atom stereocenters. The molecule has 0 aliphatic rings. The Bertz CT molecular complexity index is 1600. The molecule has 0 fully saturated rings. The molecule has 0 aliphatic heterocycles. The van der Waals surface area contributed by atoms with Crippen molar-refractivity contribution in [3.63, 3.8) is 0 Å². The number of carbonyl (C=O) groups excluding carboxylic acids is 2. The fourth-order valence-corrected chi connectivity index (χ4v) is 3.98. The summed E-state index contributed by atoms with van der Waals surface area (Å²) < 4.78 is 16.9. The van der Waals surface area contributed by atoms with Crippen LogP contribution in [0.4, 0.5) is 10.1 Å². The van der Waals surface area contributed by atoms with Crippen molar-refractivity contribution in [2.24, 2.45) is 0 Å². The highest BCUT2D eigenvalue weighted by molar-refractivity contribution is 5.98. The summed E-state index contributed by atoms with van der Waals surface area (Å²) >= 11 is 0. The summed E-state index contributed by atoms with van der Waals surface area (Å²) in [6.45, 7) is 6.82. The summed E-state index contributed by atoms with van der Waals surface area (Å²) in [6, 6.07) is 9.47. The van der Waals surface area contributed by atoms with Crippen molar-refractivity contribution < 1.29 is 14.0 Å². The fraction of sp³-hybridized carbons (Fsp3) is 0.320. The lowest BCUT2D eigenvalue weighted by Crippen LogP contribution is -2.34. The molecule has 0 bridgehead atoms. The highest BCUT2D eigenvalue weighted by atomic mass is 19.1. The van der Waals surface area contributed by atoms with E-state index in [1.165, 1.54) is 63.4 Å². The van der Waals surface area contributed by atoms with Gasteiger partial charge < -0.3 is 10.2 Å². The number of fused-ring (bicyclic) bond motifs is 3. The van der Waals surface area contributed by atoms with Crippen molar-refractivity contribution in [3.05, 3.63) is 74.7 Å². The van der Waals surface area contributed by atoms with Gasteiger partial charge in [0.25, 0.3) is 11.5 Å². The number of nitrogens with one attached hydrogen (secondary N) is 1. The van der Waals surface area contributed by atoms with Crippen LogP contribution in [0.25, 0.3) is 16.7 Å². The maximum Gasteiger partial charge on any atom is 0.352 e. The van der Waals surface area contributed by atoms with E-state index in [1.54, 1.807) is 13.8 Å². The first-order valence-corrected chi connectivity index (χ1v) is 11.5. The lowest BCUT2D eigenvalue weighted by atomic mass is 10.1. The predicted molar refractivity (Wildman–Crippen MR) is 134 cm³/mol. The maximum absolute atomic E-state index is 13.5.